The largest absolute Gasteiger partial charge is 0.481 e. The van der Waals surface area contributed by atoms with Gasteiger partial charge >= 0.3 is 11.9 Å². The average Bonchev–Trinajstić information content (AvgIpc) is 2.75. The highest BCUT2D eigenvalue weighted by Crippen LogP contribution is 2.09. The third-order valence-corrected chi connectivity index (χ3v) is 6.17. The number of halogens is 2. The first-order valence-corrected chi connectivity index (χ1v) is 14.8. The molecular formula is C25H48Br2O4. The van der Waals surface area contributed by atoms with Crippen molar-refractivity contribution in [3.63, 3.8) is 0 Å². The minimum atomic E-state index is -0.675. The molecule has 0 unspecified atom stereocenters. The van der Waals surface area contributed by atoms with Crippen molar-refractivity contribution in [2.24, 2.45) is 0 Å². The number of carbonyl (C=O) groups excluding carboxylic acids is 1. The molecule has 1 N–H and O–H groups in total. The van der Waals surface area contributed by atoms with Gasteiger partial charge in [0.25, 0.3) is 0 Å². The monoisotopic (exact) mass is 570 g/mol. The highest BCUT2D eigenvalue weighted by molar-refractivity contribution is 9.09. The van der Waals surface area contributed by atoms with Crippen molar-refractivity contribution >= 4 is 43.8 Å². The maximum absolute atomic E-state index is 11.5. The lowest BCUT2D eigenvalue weighted by Gasteiger charge is -2.05. The van der Waals surface area contributed by atoms with Gasteiger partial charge in [-0.15, -0.1) is 0 Å². The zero-order chi connectivity index (χ0) is 23.4. The maximum Gasteiger partial charge on any atom is 0.305 e. The standard InChI is InChI=1S/C17H33BrO2.C8H15BrO2/c1-2-3-4-5-6-10-13-16-20-17(19)14-11-8-7-9-12-15-18;9-7-5-3-1-2-4-6-8(10)11/h2-16H2,1H3;1-7H2,(H,10,11). The van der Waals surface area contributed by atoms with Crippen LogP contribution in [0.15, 0.2) is 0 Å². The van der Waals surface area contributed by atoms with Crippen molar-refractivity contribution < 1.29 is 19.4 Å². The average molecular weight is 572 g/mol. The zero-order valence-electron chi connectivity index (χ0n) is 20.0. The first-order chi connectivity index (χ1) is 15.1. The molecule has 0 aliphatic rings. The summed E-state index contributed by atoms with van der Waals surface area (Å²) in [6.07, 6.45) is 21.1. The molecule has 0 heterocycles. The molecule has 6 heteroatoms. The number of alkyl halides is 2. The Kier molecular flexibility index (Phi) is 31.9. The Morgan fingerprint density at radius 2 is 1.03 bits per heavy atom. The third kappa shape index (κ3) is 34.7. The minimum absolute atomic E-state index is 0.00326. The van der Waals surface area contributed by atoms with Crippen LogP contribution in [0.3, 0.4) is 0 Å². The predicted molar refractivity (Wildman–Crippen MR) is 140 cm³/mol. The molecule has 0 atom stereocenters. The second kappa shape index (κ2) is 29.9. The first kappa shape index (κ1) is 33.1. The summed E-state index contributed by atoms with van der Waals surface area (Å²) < 4.78 is 5.25. The van der Waals surface area contributed by atoms with E-state index in [1.54, 1.807) is 0 Å². The summed E-state index contributed by atoms with van der Waals surface area (Å²) in [5.74, 6) is -0.679. The Balaban J connectivity index is 0. The zero-order valence-corrected chi connectivity index (χ0v) is 23.2. The number of carboxylic acid groups (broad SMARTS) is 1. The van der Waals surface area contributed by atoms with E-state index in [4.69, 9.17) is 9.84 Å². The molecule has 31 heavy (non-hydrogen) atoms. The SMILES string of the molecule is CCCCCCCCCOC(=O)CCCCCCCBr.O=C(O)CCCCCCCBr. The lowest BCUT2D eigenvalue weighted by molar-refractivity contribution is -0.144. The summed E-state index contributed by atoms with van der Waals surface area (Å²) in [7, 11) is 0. The van der Waals surface area contributed by atoms with Crippen molar-refractivity contribution in [2.45, 2.75) is 129 Å². The van der Waals surface area contributed by atoms with Gasteiger partial charge in [0.15, 0.2) is 0 Å². The molecular weight excluding hydrogens is 524 g/mol. The number of carbonyl (C=O) groups is 2. The van der Waals surface area contributed by atoms with Crippen LogP contribution in [0.25, 0.3) is 0 Å². The number of rotatable bonds is 22. The maximum atomic E-state index is 11.5. The summed E-state index contributed by atoms with van der Waals surface area (Å²) in [5.41, 5.74) is 0. The summed E-state index contributed by atoms with van der Waals surface area (Å²) in [5, 5.41) is 10.5. The molecule has 0 aromatic rings. The molecule has 0 fully saturated rings. The van der Waals surface area contributed by atoms with Gasteiger partial charge in [-0.25, -0.2) is 0 Å². The Labute approximate surface area is 208 Å². The molecule has 0 amide bonds. The van der Waals surface area contributed by atoms with E-state index in [2.05, 4.69) is 38.8 Å². The van der Waals surface area contributed by atoms with Crippen LogP contribution >= 0.6 is 31.9 Å². The van der Waals surface area contributed by atoms with Gasteiger partial charge in [0.05, 0.1) is 6.61 Å². The van der Waals surface area contributed by atoms with Crippen LogP contribution < -0.4 is 0 Å². The molecule has 186 valence electrons. The fourth-order valence-corrected chi connectivity index (χ4v) is 3.91. The molecule has 0 aliphatic carbocycles. The van der Waals surface area contributed by atoms with Crippen molar-refractivity contribution in [1.29, 1.82) is 0 Å². The van der Waals surface area contributed by atoms with E-state index in [9.17, 15) is 9.59 Å². The van der Waals surface area contributed by atoms with Crippen LogP contribution in [0.4, 0.5) is 0 Å². The topological polar surface area (TPSA) is 63.6 Å². The van der Waals surface area contributed by atoms with E-state index in [0.717, 1.165) is 42.8 Å². The smallest absolute Gasteiger partial charge is 0.305 e. The first-order valence-electron chi connectivity index (χ1n) is 12.6. The Hall–Kier alpha value is -0.100. The fourth-order valence-electron chi connectivity index (χ4n) is 3.11. The Morgan fingerprint density at radius 3 is 1.52 bits per heavy atom. The van der Waals surface area contributed by atoms with Crippen LogP contribution in [0.2, 0.25) is 0 Å². The van der Waals surface area contributed by atoms with Crippen molar-refractivity contribution in [3.05, 3.63) is 0 Å². The van der Waals surface area contributed by atoms with Gasteiger partial charge in [-0.2, -0.15) is 0 Å². The molecule has 0 saturated carbocycles. The van der Waals surface area contributed by atoms with Crippen LogP contribution in [-0.2, 0) is 14.3 Å². The molecule has 0 aromatic heterocycles. The van der Waals surface area contributed by atoms with Gasteiger partial charge in [0.1, 0.15) is 0 Å². The number of carboxylic acids is 1. The van der Waals surface area contributed by atoms with Gasteiger partial charge in [-0.3, -0.25) is 9.59 Å². The summed E-state index contributed by atoms with van der Waals surface area (Å²) >= 11 is 6.77. The van der Waals surface area contributed by atoms with Crippen molar-refractivity contribution in [2.75, 3.05) is 17.3 Å². The predicted octanol–water partition coefficient (Wildman–Crippen LogP) is 8.82. The minimum Gasteiger partial charge on any atom is -0.481 e. The van der Waals surface area contributed by atoms with E-state index in [1.807, 2.05) is 0 Å². The summed E-state index contributed by atoms with van der Waals surface area (Å²) in [6, 6.07) is 0. The van der Waals surface area contributed by atoms with Crippen molar-refractivity contribution in [3.8, 4) is 0 Å². The second-order valence-corrected chi connectivity index (χ2v) is 9.74. The van der Waals surface area contributed by atoms with Crippen LogP contribution in [0, 0.1) is 0 Å². The quantitative estimate of drug-likeness (QED) is 0.0800. The van der Waals surface area contributed by atoms with Crippen LogP contribution in [0.5, 0.6) is 0 Å². The summed E-state index contributed by atoms with van der Waals surface area (Å²) in [6.45, 7) is 2.86. The Bertz CT molecular complexity index is 379. The number of esters is 1. The van der Waals surface area contributed by atoms with Gasteiger partial charge in [0.2, 0.25) is 0 Å². The molecule has 0 bridgehead atoms. The van der Waals surface area contributed by atoms with Gasteiger partial charge in [-0.1, -0.05) is 116 Å². The van der Waals surface area contributed by atoms with E-state index in [0.29, 0.717) is 19.4 Å². The van der Waals surface area contributed by atoms with Gasteiger partial charge in [-0.05, 0) is 32.1 Å². The highest BCUT2D eigenvalue weighted by atomic mass is 79.9. The van der Waals surface area contributed by atoms with E-state index >= 15 is 0 Å². The normalized spacial score (nSPS) is 10.4. The Morgan fingerprint density at radius 1 is 0.613 bits per heavy atom. The lowest BCUT2D eigenvalue weighted by atomic mass is 10.1. The lowest BCUT2D eigenvalue weighted by Crippen LogP contribution is -2.05. The number of hydrogen-bond acceptors (Lipinski definition) is 3. The van der Waals surface area contributed by atoms with E-state index < -0.39 is 5.97 Å². The highest BCUT2D eigenvalue weighted by Gasteiger charge is 2.02. The molecule has 0 saturated heterocycles. The number of ether oxygens (including phenoxy) is 1. The van der Waals surface area contributed by atoms with Gasteiger partial charge in [0, 0.05) is 23.5 Å². The molecule has 0 radical (unpaired) electrons. The summed E-state index contributed by atoms with van der Waals surface area (Å²) in [4.78, 5) is 21.6. The molecule has 0 aromatic carbocycles. The van der Waals surface area contributed by atoms with E-state index in [-0.39, 0.29) is 5.97 Å². The number of unbranched alkanes of at least 4 members (excludes halogenated alkanes) is 14. The third-order valence-electron chi connectivity index (χ3n) is 5.05. The van der Waals surface area contributed by atoms with E-state index in [1.165, 1.54) is 77.0 Å². The van der Waals surface area contributed by atoms with Gasteiger partial charge < -0.3 is 9.84 Å². The molecule has 0 rings (SSSR count). The van der Waals surface area contributed by atoms with Crippen LogP contribution in [0.1, 0.15) is 129 Å². The molecule has 0 spiro atoms. The number of aliphatic carboxylic acids is 1. The van der Waals surface area contributed by atoms with Crippen LogP contribution in [-0.4, -0.2) is 34.3 Å². The number of hydrogen-bond donors (Lipinski definition) is 1. The fraction of sp³-hybridized carbons (Fsp3) is 0.920. The van der Waals surface area contributed by atoms with Crippen molar-refractivity contribution in [1.82, 2.24) is 0 Å². The second-order valence-electron chi connectivity index (χ2n) is 8.15. The molecule has 0 aliphatic heterocycles. The molecule has 4 nitrogen and oxygen atoms in total.